The number of aliphatic hydroxyl groups excluding tert-OH is 1. The first-order valence-electron chi connectivity index (χ1n) is 5.89. The van der Waals surface area contributed by atoms with Crippen LogP contribution < -0.4 is 4.74 Å². The van der Waals surface area contributed by atoms with E-state index in [2.05, 4.69) is 0 Å². The van der Waals surface area contributed by atoms with Gasteiger partial charge in [0.15, 0.2) is 0 Å². The summed E-state index contributed by atoms with van der Waals surface area (Å²) in [5.74, 6) is 0.202. The predicted molar refractivity (Wildman–Crippen MR) is 73.3 cm³/mol. The normalized spacial score (nSPS) is 12.3. The standard InChI is InChI=1S/C15H14ClFO2/c1-9-6-7-11(16)14(8-9)19-13-5-3-4-12(17)15(13)10(2)18/h3-8,10,18H,1-2H3/t10-/m0/s1. The number of aryl methyl sites for hydroxylation is 1. The zero-order valence-electron chi connectivity index (χ0n) is 10.7. The van der Waals surface area contributed by atoms with Crippen LogP contribution in [-0.2, 0) is 0 Å². The van der Waals surface area contributed by atoms with Crippen LogP contribution in [0.2, 0.25) is 5.02 Å². The molecule has 19 heavy (non-hydrogen) atoms. The van der Waals surface area contributed by atoms with Gasteiger partial charge in [0.25, 0.3) is 0 Å². The van der Waals surface area contributed by atoms with Crippen molar-refractivity contribution in [1.29, 1.82) is 0 Å². The highest BCUT2D eigenvalue weighted by atomic mass is 35.5. The molecule has 0 amide bonds. The number of benzene rings is 2. The molecule has 0 aliphatic rings. The van der Waals surface area contributed by atoms with E-state index in [-0.39, 0.29) is 11.3 Å². The average molecular weight is 281 g/mol. The monoisotopic (exact) mass is 280 g/mol. The van der Waals surface area contributed by atoms with Gasteiger partial charge in [-0.1, -0.05) is 23.7 Å². The van der Waals surface area contributed by atoms with Gasteiger partial charge in [0.2, 0.25) is 0 Å². The molecule has 2 nitrogen and oxygen atoms in total. The molecule has 0 unspecified atom stereocenters. The number of halogens is 2. The Morgan fingerprint density at radius 1 is 1.21 bits per heavy atom. The maximum absolute atomic E-state index is 13.7. The van der Waals surface area contributed by atoms with E-state index in [0.717, 1.165) is 5.56 Å². The lowest BCUT2D eigenvalue weighted by atomic mass is 10.1. The van der Waals surface area contributed by atoms with Gasteiger partial charge in [-0.25, -0.2) is 4.39 Å². The molecule has 0 saturated heterocycles. The molecule has 1 N–H and O–H groups in total. The van der Waals surface area contributed by atoms with Gasteiger partial charge in [0.1, 0.15) is 17.3 Å². The first kappa shape index (κ1) is 13.8. The Balaban J connectivity index is 2.44. The lowest BCUT2D eigenvalue weighted by Crippen LogP contribution is -2.00. The summed E-state index contributed by atoms with van der Waals surface area (Å²) in [5, 5.41) is 10.1. The minimum absolute atomic E-state index is 0.125. The maximum atomic E-state index is 13.7. The van der Waals surface area contributed by atoms with Crippen molar-refractivity contribution >= 4 is 11.6 Å². The third-order valence-electron chi connectivity index (χ3n) is 2.74. The maximum Gasteiger partial charge on any atom is 0.146 e. The van der Waals surface area contributed by atoms with Crippen LogP contribution in [0.3, 0.4) is 0 Å². The Morgan fingerprint density at radius 2 is 1.95 bits per heavy atom. The van der Waals surface area contributed by atoms with E-state index in [0.29, 0.717) is 10.8 Å². The fourth-order valence-corrected chi connectivity index (χ4v) is 1.98. The van der Waals surface area contributed by atoms with Crippen molar-refractivity contribution < 1.29 is 14.2 Å². The van der Waals surface area contributed by atoms with Crippen molar-refractivity contribution in [1.82, 2.24) is 0 Å². The van der Waals surface area contributed by atoms with Crippen LogP contribution in [0, 0.1) is 12.7 Å². The van der Waals surface area contributed by atoms with Crippen molar-refractivity contribution in [3.63, 3.8) is 0 Å². The molecule has 2 aromatic carbocycles. The van der Waals surface area contributed by atoms with Crippen molar-refractivity contribution in [3.05, 3.63) is 58.4 Å². The molecule has 0 aliphatic carbocycles. The first-order valence-corrected chi connectivity index (χ1v) is 6.27. The minimum Gasteiger partial charge on any atom is -0.455 e. The molecule has 0 saturated carbocycles. The number of ether oxygens (including phenoxy) is 1. The van der Waals surface area contributed by atoms with E-state index in [1.54, 1.807) is 18.2 Å². The molecule has 2 aromatic rings. The lowest BCUT2D eigenvalue weighted by molar-refractivity contribution is 0.190. The molecule has 100 valence electrons. The highest BCUT2D eigenvalue weighted by Gasteiger charge is 2.16. The molecule has 0 bridgehead atoms. The number of rotatable bonds is 3. The molecule has 2 rings (SSSR count). The summed E-state index contributed by atoms with van der Waals surface area (Å²) >= 11 is 6.04. The molecule has 0 fully saturated rings. The summed E-state index contributed by atoms with van der Waals surface area (Å²) in [6, 6.07) is 9.75. The molecule has 1 atom stereocenters. The van der Waals surface area contributed by atoms with Crippen molar-refractivity contribution in [3.8, 4) is 11.5 Å². The Labute approximate surface area is 116 Å². The van der Waals surface area contributed by atoms with E-state index in [4.69, 9.17) is 16.3 Å². The fourth-order valence-electron chi connectivity index (χ4n) is 1.82. The second kappa shape index (κ2) is 5.59. The van der Waals surface area contributed by atoms with E-state index in [1.807, 2.05) is 13.0 Å². The molecule has 0 heterocycles. The zero-order chi connectivity index (χ0) is 14.0. The van der Waals surface area contributed by atoms with E-state index >= 15 is 0 Å². The third-order valence-corrected chi connectivity index (χ3v) is 3.05. The fraction of sp³-hybridized carbons (Fsp3) is 0.200. The summed E-state index contributed by atoms with van der Waals surface area (Å²) in [6.07, 6.45) is -0.959. The van der Waals surface area contributed by atoms with Crippen molar-refractivity contribution in [2.75, 3.05) is 0 Å². The Kier molecular flexibility index (Phi) is 4.08. The second-order valence-electron chi connectivity index (χ2n) is 4.36. The van der Waals surface area contributed by atoms with Crippen LogP contribution in [0.4, 0.5) is 4.39 Å². The van der Waals surface area contributed by atoms with Gasteiger partial charge in [-0.05, 0) is 43.7 Å². The predicted octanol–water partition coefficient (Wildman–Crippen LogP) is 4.63. The van der Waals surface area contributed by atoms with Crippen LogP contribution in [0.25, 0.3) is 0 Å². The quantitative estimate of drug-likeness (QED) is 0.888. The van der Waals surface area contributed by atoms with Gasteiger partial charge in [-0.15, -0.1) is 0 Å². The van der Waals surface area contributed by atoms with Gasteiger partial charge in [0, 0.05) is 0 Å². The summed E-state index contributed by atoms with van der Waals surface area (Å²) in [4.78, 5) is 0. The van der Waals surface area contributed by atoms with Gasteiger partial charge < -0.3 is 9.84 Å². The van der Waals surface area contributed by atoms with E-state index < -0.39 is 11.9 Å². The molecular formula is C15H14ClFO2. The van der Waals surface area contributed by atoms with E-state index in [9.17, 15) is 9.50 Å². The largest absolute Gasteiger partial charge is 0.455 e. The van der Waals surface area contributed by atoms with Crippen LogP contribution in [0.1, 0.15) is 24.2 Å². The molecular weight excluding hydrogens is 267 g/mol. The molecule has 0 spiro atoms. The van der Waals surface area contributed by atoms with Crippen LogP contribution >= 0.6 is 11.6 Å². The Hall–Kier alpha value is -1.58. The van der Waals surface area contributed by atoms with Crippen LogP contribution in [0.15, 0.2) is 36.4 Å². The highest BCUT2D eigenvalue weighted by molar-refractivity contribution is 6.32. The van der Waals surface area contributed by atoms with E-state index in [1.165, 1.54) is 19.1 Å². The number of hydrogen-bond acceptors (Lipinski definition) is 2. The molecule has 0 aromatic heterocycles. The average Bonchev–Trinajstić information content (AvgIpc) is 2.33. The third kappa shape index (κ3) is 3.06. The summed E-state index contributed by atoms with van der Waals surface area (Å²) < 4.78 is 19.3. The Morgan fingerprint density at radius 3 is 2.63 bits per heavy atom. The SMILES string of the molecule is Cc1ccc(Cl)c(Oc2cccc(F)c2[C@H](C)O)c1. The number of hydrogen-bond donors (Lipinski definition) is 1. The first-order chi connectivity index (χ1) is 8.99. The second-order valence-corrected chi connectivity index (χ2v) is 4.77. The lowest BCUT2D eigenvalue weighted by Gasteiger charge is -2.15. The van der Waals surface area contributed by atoms with Gasteiger partial charge in [0.05, 0.1) is 16.7 Å². The highest BCUT2D eigenvalue weighted by Crippen LogP contribution is 2.35. The van der Waals surface area contributed by atoms with Crippen molar-refractivity contribution in [2.45, 2.75) is 20.0 Å². The van der Waals surface area contributed by atoms with Crippen LogP contribution in [0.5, 0.6) is 11.5 Å². The minimum atomic E-state index is -0.959. The van der Waals surface area contributed by atoms with Gasteiger partial charge in [-0.2, -0.15) is 0 Å². The molecule has 0 radical (unpaired) electrons. The summed E-state index contributed by atoms with van der Waals surface area (Å²) in [5.41, 5.74) is 1.11. The topological polar surface area (TPSA) is 29.5 Å². The zero-order valence-corrected chi connectivity index (χ0v) is 11.4. The smallest absolute Gasteiger partial charge is 0.146 e. The van der Waals surface area contributed by atoms with Gasteiger partial charge in [-0.3, -0.25) is 0 Å². The van der Waals surface area contributed by atoms with Crippen LogP contribution in [-0.4, -0.2) is 5.11 Å². The summed E-state index contributed by atoms with van der Waals surface area (Å²) in [7, 11) is 0. The molecule has 4 heteroatoms. The van der Waals surface area contributed by atoms with Gasteiger partial charge >= 0.3 is 0 Å². The summed E-state index contributed by atoms with van der Waals surface area (Å²) in [6.45, 7) is 3.40. The Bertz CT molecular complexity index is 597. The molecule has 0 aliphatic heterocycles. The van der Waals surface area contributed by atoms with Crippen molar-refractivity contribution in [2.24, 2.45) is 0 Å². The number of aliphatic hydroxyl groups is 1.